The summed E-state index contributed by atoms with van der Waals surface area (Å²) in [5.74, 6) is 0.293. The molecule has 0 N–H and O–H groups in total. The van der Waals surface area contributed by atoms with Crippen molar-refractivity contribution in [3.05, 3.63) is 63.6 Å². The summed E-state index contributed by atoms with van der Waals surface area (Å²) >= 11 is 12.0. The fourth-order valence-corrected chi connectivity index (χ4v) is 2.08. The Balaban J connectivity index is 2.00. The number of carbonyl (C=O) groups excluding carboxylic acids is 1. The lowest BCUT2D eigenvalue weighted by atomic mass is 10.2. The summed E-state index contributed by atoms with van der Waals surface area (Å²) in [7, 11) is 0. The monoisotopic (exact) mass is 324 g/mol. The Morgan fingerprint density at radius 1 is 1.10 bits per heavy atom. The maximum absolute atomic E-state index is 11.5. The fraction of sp³-hybridized carbons (Fsp3) is 0.188. The average molecular weight is 325 g/mol. The fourth-order valence-electron chi connectivity index (χ4n) is 1.72. The normalized spacial score (nSPS) is 10.2. The van der Waals surface area contributed by atoms with Crippen molar-refractivity contribution in [2.45, 2.75) is 13.5 Å². The van der Waals surface area contributed by atoms with E-state index in [1.165, 1.54) is 0 Å². The highest BCUT2D eigenvalue weighted by Gasteiger charge is 2.07. The van der Waals surface area contributed by atoms with Crippen LogP contribution in [0.5, 0.6) is 5.75 Å². The zero-order valence-electron chi connectivity index (χ0n) is 11.4. The van der Waals surface area contributed by atoms with E-state index in [-0.39, 0.29) is 5.97 Å². The minimum atomic E-state index is -0.345. The van der Waals surface area contributed by atoms with Crippen LogP contribution >= 0.6 is 23.2 Å². The molecule has 0 aliphatic carbocycles. The van der Waals surface area contributed by atoms with Gasteiger partial charge in [-0.3, -0.25) is 0 Å². The van der Waals surface area contributed by atoms with Crippen molar-refractivity contribution in [2.75, 3.05) is 6.61 Å². The maximum atomic E-state index is 11.5. The van der Waals surface area contributed by atoms with Crippen molar-refractivity contribution >= 4 is 29.2 Å². The summed E-state index contributed by atoms with van der Waals surface area (Å²) in [4.78, 5) is 11.5. The molecule has 0 spiro atoms. The van der Waals surface area contributed by atoms with E-state index in [2.05, 4.69) is 0 Å². The van der Waals surface area contributed by atoms with E-state index < -0.39 is 0 Å². The zero-order chi connectivity index (χ0) is 15.2. The van der Waals surface area contributed by atoms with Crippen molar-refractivity contribution in [1.82, 2.24) is 0 Å². The van der Waals surface area contributed by atoms with Gasteiger partial charge in [-0.05, 0) is 49.4 Å². The zero-order valence-corrected chi connectivity index (χ0v) is 12.9. The maximum Gasteiger partial charge on any atom is 0.338 e. The number of rotatable bonds is 5. The minimum Gasteiger partial charge on any atom is -0.489 e. The Kier molecular flexibility index (Phi) is 5.48. The lowest BCUT2D eigenvalue weighted by Crippen LogP contribution is -2.04. The van der Waals surface area contributed by atoms with E-state index in [0.29, 0.717) is 34.6 Å². The molecular formula is C16H14Cl2O3. The Morgan fingerprint density at radius 3 is 2.48 bits per heavy atom. The van der Waals surface area contributed by atoms with Crippen LogP contribution < -0.4 is 4.74 Å². The lowest BCUT2D eigenvalue weighted by Gasteiger charge is -2.09. The van der Waals surface area contributed by atoms with Crippen LogP contribution in [0.2, 0.25) is 10.0 Å². The molecule has 0 radical (unpaired) electrons. The number of hydrogen-bond acceptors (Lipinski definition) is 3. The van der Waals surface area contributed by atoms with Crippen LogP contribution in [-0.2, 0) is 11.3 Å². The average Bonchev–Trinajstić information content (AvgIpc) is 2.49. The van der Waals surface area contributed by atoms with Crippen molar-refractivity contribution in [3.63, 3.8) is 0 Å². The molecule has 0 aliphatic rings. The van der Waals surface area contributed by atoms with Gasteiger partial charge in [-0.2, -0.15) is 0 Å². The molecule has 3 nitrogen and oxygen atoms in total. The van der Waals surface area contributed by atoms with Crippen LogP contribution in [0, 0.1) is 0 Å². The molecule has 0 saturated carbocycles. The van der Waals surface area contributed by atoms with E-state index in [1.54, 1.807) is 49.4 Å². The van der Waals surface area contributed by atoms with Crippen LogP contribution in [-0.4, -0.2) is 12.6 Å². The molecule has 0 bridgehead atoms. The SMILES string of the molecule is CCOC(=O)c1ccc(OCc2cc(Cl)ccc2Cl)cc1. The molecule has 0 fully saturated rings. The molecule has 2 aromatic carbocycles. The van der Waals surface area contributed by atoms with Crippen molar-refractivity contribution < 1.29 is 14.3 Å². The van der Waals surface area contributed by atoms with Crippen LogP contribution in [0.25, 0.3) is 0 Å². The van der Waals surface area contributed by atoms with Gasteiger partial charge in [0.15, 0.2) is 0 Å². The van der Waals surface area contributed by atoms with Crippen LogP contribution in [0.3, 0.4) is 0 Å². The largest absolute Gasteiger partial charge is 0.489 e. The molecule has 2 aromatic rings. The van der Waals surface area contributed by atoms with Gasteiger partial charge in [0.1, 0.15) is 12.4 Å². The third-order valence-corrected chi connectivity index (χ3v) is 3.37. The summed E-state index contributed by atoms with van der Waals surface area (Å²) in [5.41, 5.74) is 1.30. The third kappa shape index (κ3) is 4.38. The molecular weight excluding hydrogens is 311 g/mol. The highest BCUT2D eigenvalue weighted by molar-refractivity contribution is 6.33. The second-order valence-electron chi connectivity index (χ2n) is 4.27. The smallest absolute Gasteiger partial charge is 0.338 e. The molecule has 21 heavy (non-hydrogen) atoms. The summed E-state index contributed by atoms with van der Waals surface area (Å²) < 4.78 is 10.5. The van der Waals surface area contributed by atoms with E-state index in [1.807, 2.05) is 0 Å². The molecule has 0 amide bonds. The number of benzene rings is 2. The van der Waals surface area contributed by atoms with Gasteiger partial charge in [0.2, 0.25) is 0 Å². The Bertz CT molecular complexity index is 624. The first-order valence-corrected chi connectivity index (χ1v) is 7.19. The minimum absolute atomic E-state index is 0.304. The molecule has 5 heteroatoms. The first-order chi connectivity index (χ1) is 10.1. The standard InChI is InChI=1S/C16H14Cl2O3/c1-2-20-16(19)11-3-6-14(7-4-11)21-10-12-9-13(17)5-8-15(12)18/h3-9H,2,10H2,1H3. The van der Waals surface area contributed by atoms with Gasteiger partial charge in [-0.15, -0.1) is 0 Å². The van der Waals surface area contributed by atoms with Crippen molar-refractivity contribution in [3.8, 4) is 5.75 Å². The third-order valence-electron chi connectivity index (χ3n) is 2.77. The second kappa shape index (κ2) is 7.34. The van der Waals surface area contributed by atoms with E-state index >= 15 is 0 Å². The highest BCUT2D eigenvalue weighted by atomic mass is 35.5. The van der Waals surface area contributed by atoms with Crippen molar-refractivity contribution in [1.29, 1.82) is 0 Å². The first-order valence-electron chi connectivity index (χ1n) is 6.44. The molecule has 0 heterocycles. The number of halogens is 2. The molecule has 110 valence electrons. The number of esters is 1. The Labute approximate surface area is 133 Å². The van der Waals surface area contributed by atoms with E-state index in [9.17, 15) is 4.79 Å². The Hall–Kier alpha value is -1.71. The predicted molar refractivity (Wildman–Crippen MR) is 83.2 cm³/mol. The van der Waals surface area contributed by atoms with Gasteiger partial charge < -0.3 is 9.47 Å². The second-order valence-corrected chi connectivity index (χ2v) is 5.11. The number of carbonyl (C=O) groups is 1. The molecule has 0 aromatic heterocycles. The van der Waals surface area contributed by atoms with Gasteiger partial charge in [-0.25, -0.2) is 4.79 Å². The summed E-state index contributed by atoms with van der Waals surface area (Å²) in [6, 6.07) is 12.0. The van der Waals surface area contributed by atoms with Gasteiger partial charge >= 0.3 is 5.97 Å². The van der Waals surface area contributed by atoms with Crippen LogP contribution in [0.1, 0.15) is 22.8 Å². The number of hydrogen-bond donors (Lipinski definition) is 0. The molecule has 0 atom stereocenters. The summed E-state index contributed by atoms with van der Waals surface area (Å²) in [5, 5.41) is 1.21. The van der Waals surface area contributed by atoms with Crippen LogP contribution in [0.4, 0.5) is 0 Å². The lowest BCUT2D eigenvalue weighted by molar-refractivity contribution is 0.0526. The highest BCUT2D eigenvalue weighted by Crippen LogP contribution is 2.22. The summed E-state index contributed by atoms with van der Waals surface area (Å²) in [6.45, 7) is 2.42. The van der Waals surface area contributed by atoms with Gasteiger partial charge in [-0.1, -0.05) is 23.2 Å². The van der Waals surface area contributed by atoms with E-state index in [0.717, 1.165) is 5.56 Å². The molecule has 0 aliphatic heterocycles. The van der Waals surface area contributed by atoms with Crippen LogP contribution in [0.15, 0.2) is 42.5 Å². The van der Waals surface area contributed by atoms with Gasteiger partial charge in [0, 0.05) is 15.6 Å². The molecule has 2 rings (SSSR count). The first kappa shape index (κ1) is 15.7. The van der Waals surface area contributed by atoms with E-state index in [4.69, 9.17) is 32.7 Å². The predicted octanol–water partition coefficient (Wildman–Crippen LogP) is 4.75. The quantitative estimate of drug-likeness (QED) is 0.744. The van der Waals surface area contributed by atoms with Gasteiger partial charge in [0.25, 0.3) is 0 Å². The molecule has 0 saturated heterocycles. The summed E-state index contributed by atoms with van der Waals surface area (Å²) in [6.07, 6.45) is 0. The topological polar surface area (TPSA) is 35.5 Å². The van der Waals surface area contributed by atoms with Gasteiger partial charge in [0.05, 0.1) is 12.2 Å². The number of ether oxygens (including phenoxy) is 2. The molecule has 0 unspecified atom stereocenters. The van der Waals surface area contributed by atoms with Crippen molar-refractivity contribution in [2.24, 2.45) is 0 Å². The Morgan fingerprint density at radius 2 is 1.81 bits per heavy atom.